The predicted molar refractivity (Wildman–Crippen MR) is 29.2 cm³/mol. The number of likely N-dealkylation sites (N-methyl/N-ethyl adjacent to an activating group) is 1. The van der Waals surface area contributed by atoms with Crippen LogP contribution in [0.25, 0.3) is 0 Å². The van der Waals surface area contributed by atoms with Crippen LogP contribution < -0.4 is 0 Å². The van der Waals surface area contributed by atoms with Crippen LogP contribution in [0.1, 0.15) is 6.92 Å². The van der Waals surface area contributed by atoms with Crippen LogP contribution in [-0.4, -0.2) is 31.3 Å². The molecule has 0 aromatic heterocycles. The lowest BCUT2D eigenvalue weighted by Crippen LogP contribution is -2.25. The third-order valence-corrected chi connectivity index (χ3v) is 1.01. The summed E-state index contributed by atoms with van der Waals surface area (Å²) < 4.78 is 0. The van der Waals surface area contributed by atoms with Crippen molar-refractivity contribution in [1.82, 2.24) is 4.90 Å². The maximum Gasteiger partial charge on any atom is 0.136 e. The van der Waals surface area contributed by atoms with Gasteiger partial charge in [0.1, 0.15) is 6.29 Å². The molecule has 0 saturated carbocycles. The summed E-state index contributed by atoms with van der Waals surface area (Å²) in [5.74, 6) is 0. The van der Waals surface area contributed by atoms with Gasteiger partial charge in [-0.15, -0.1) is 0 Å². The van der Waals surface area contributed by atoms with Crippen molar-refractivity contribution >= 4 is 6.29 Å². The van der Waals surface area contributed by atoms with Crippen LogP contribution in [0.5, 0.6) is 0 Å². The van der Waals surface area contributed by atoms with Crippen molar-refractivity contribution in [3.8, 4) is 0 Å². The van der Waals surface area contributed by atoms with Crippen molar-refractivity contribution in [3.63, 3.8) is 0 Å². The highest BCUT2D eigenvalue weighted by Crippen LogP contribution is 1.82. The molecule has 0 amide bonds. The van der Waals surface area contributed by atoms with Gasteiger partial charge in [0.05, 0.1) is 6.04 Å². The maximum absolute atomic E-state index is 9.90. The number of carbonyl (C=O) groups is 1. The highest BCUT2D eigenvalue weighted by Gasteiger charge is 1.97. The first-order chi connectivity index (χ1) is 3.18. The van der Waals surface area contributed by atoms with Crippen LogP contribution in [0.3, 0.4) is 0 Å². The summed E-state index contributed by atoms with van der Waals surface area (Å²) in [7, 11) is 3.75. The summed E-state index contributed by atoms with van der Waals surface area (Å²) in [5, 5.41) is 0. The Balaban J connectivity index is 3.33. The second kappa shape index (κ2) is 2.75. The van der Waals surface area contributed by atoms with Crippen molar-refractivity contribution in [1.29, 1.82) is 0 Å². The van der Waals surface area contributed by atoms with Gasteiger partial charge in [-0.3, -0.25) is 0 Å². The lowest BCUT2D eigenvalue weighted by Gasteiger charge is -2.11. The SMILES string of the molecule is C[C@H](C=O)N(C)C. The summed E-state index contributed by atoms with van der Waals surface area (Å²) in [6.45, 7) is 1.85. The topological polar surface area (TPSA) is 20.3 Å². The number of rotatable bonds is 2. The van der Waals surface area contributed by atoms with Gasteiger partial charge in [0.25, 0.3) is 0 Å². The van der Waals surface area contributed by atoms with Crippen molar-refractivity contribution in [3.05, 3.63) is 0 Å². The zero-order chi connectivity index (χ0) is 5.86. The van der Waals surface area contributed by atoms with Crippen LogP contribution in [-0.2, 0) is 4.79 Å². The second-order valence-corrected chi connectivity index (χ2v) is 1.84. The normalized spacial score (nSPS) is 14.3. The van der Waals surface area contributed by atoms with Crippen LogP contribution in [0.15, 0.2) is 0 Å². The van der Waals surface area contributed by atoms with Crippen molar-refractivity contribution in [2.24, 2.45) is 0 Å². The molecule has 0 rings (SSSR count). The first kappa shape index (κ1) is 6.63. The zero-order valence-corrected chi connectivity index (χ0v) is 5.01. The molecule has 42 valence electrons. The van der Waals surface area contributed by atoms with Gasteiger partial charge in [0.2, 0.25) is 0 Å². The highest BCUT2D eigenvalue weighted by atomic mass is 16.1. The number of hydrogen-bond acceptors (Lipinski definition) is 2. The number of nitrogens with zero attached hydrogens (tertiary/aromatic N) is 1. The van der Waals surface area contributed by atoms with E-state index in [-0.39, 0.29) is 6.04 Å². The molecule has 0 aromatic carbocycles. The van der Waals surface area contributed by atoms with Crippen LogP contribution in [0.2, 0.25) is 0 Å². The van der Waals surface area contributed by atoms with E-state index >= 15 is 0 Å². The lowest BCUT2D eigenvalue weighted by molar-refractivity contribution is -0.111. The molecule has 0 saturated heterocycles. The Kier molecular flexibility index (Phi) is 2.60. The van der Waals surface area contributed by atoms with E-state index in [0.717, 1.165) is 6.29 Å². The molecule has 0 aromatic rings. The molecule has 0 fully saturated rings. The number of carbonyl (C=O) groups excluding carboxylic acids is 1. The van der Waals surface area contributed by atoms with Crippen LogP contribution in [0.4, 0.5) is 0 Å². The van der Waals surface area contributed by atoms with Gasteiger partial charge in [-0.05, 0) is 21.0 Å². The Hall–Kier alpha value is -0.370. The third kappa shape index (κ3) is 2.34. The van der Waals surface area contributed by atoms with E-state index in [9.17, 15) is 4.79 Å². The minimum Gasteiger partial charge on any atom is -0.302 e. The lowest BCUT2D eigenvalue weighted by atomic mass is 10.4. The quantitative estimate of drug-likeness (QED) is 0.461. The predicted octanol–water partition coefficient (Wildman–Crippen LogP) is 0.135. The fourth-order valence-corrected chi connectivity index (χ4v) is 0.122. The average molecular weight is 101 g/mol. The number of hydrogen-bond donors (Lipinski definition) is 0. The first-order valence-electron chi connectivity index (χ1n) is 2.30. The minimum atomic E-state index is 0.0556. The Morgan fingerprint density at radius 1 is 1.57 bits per heavy atom. The van der Waals surface area contributed by atoms with E-state index in [1.165, 1.54) is 0 Å². The standard InChI is InChI=1S/C5H11NO/c1-5(4-7)6(2)3/h4-5H,1-3H3/t5-/m1/s1. The molecule has 0 unspecified atom stereocenters. The summed E-state index contributed by atoms with van der Waals surface area (Å²) >= 11 is 0. The summed E-state index contributed by atoms with van der Waals surface area (Å²) in [6, 6.07) is 0.0556. The van der Waals surface area contributed by atoms with Crippen molar-refractivity contribution in [2.75, 3.05) is 14.1 Å². The molecule has 0 spiro atoms. The molecule has 7 heavy (non-hydrogen) atoms. The Morgan fingerprint density at radius 3 is 2.00 bits per heavy atom. The molecule has 0 N–H and O–H groups in total. The molecular formula is C5H11NO. The molecule has 2 nitrogen and oxygen atoms in total. The Bertz CT molecular complexity index is 61.1. The van der Waals surface area contributed by atoms with Crippen LogP contribution >= 0.6 is 0 Å². The number of aldehydes is 1. The van der Waals surface area contributed by atoms with Crippen LogP contribution in [0, 0.1) is 0 Å². The third-order valence-electron chi connectivity index (χ3n) is 1.01. The van der Waals surface area contributed by atoms with Gasteiger partial charge in [-0.2, -0.15) is 0 Å². The second-order valence-electron chi connectivity index (χ2n) is 1.84. The maximum atomic E-state index is 9.90. The monoisotopic (exact) mass is 101 g/mol. The van der Waals surface area contributed by atoms with E-state index in [2.05, 4.69) is 0 Å². The van der Waals surface area contributed by atoms with E-state index in [1.807, 2.05) is 25.9 Å². The van der Waals surface area contributed by atoms with Gasteiger partial charge in [0.15, 0.2) is 0 Å². The summed E-state index contributed by atoms with van der Waals surface area (Å²) in [5.41, 5.74) is 0. The highest BCUT2D eigenvalue weighted by molar-refractivity contribution is 5.56. The molecule has 0 aliphatic heterocycles. The Labute approximate surface area is 44.1 Å². The molecule has 1 atom stereocenters. The van der Waals surface area contributed by atoms with Gasteiger partial charge in [0, 0.05) is 0 Å². The summed E-state index contributed by atoms with van der Waals surface area (Å²) in [6.07, 6.45) is 0.917. The summed E-state index contributed by atoms with van der Waals surface area (Å²) in [4.78, 5) is 11.8. The molecular weight excluding hydrogens is 90.1 g/mol. The average Bonchev–Trinajstić information content (AvgIpc) is 1.65. The Morgan fingerprint density at radius 2 is 2.00 bits per heavy atom. The molecule has 0 bridgehead atoms. The van der Waals surface area contributed by atoms with Gasteiger partial charge < -0.3 is 9.69 Å². The molecule has 0 heterocycles. The largest absolute Gasteiger partial charge is 0.302 e. The van der Waals surface area contributed by atoms with Gasteiger partial charge >= 0.3 is 0 Å². The molecule has 0 aliphatic carbocycles. The smallest absolute Gasteiger partial charge is 0.136 e. The molecule has 0 aliphatic rings. The fraction of sp³-hybridized carbons (Fsp3) is 0.800. The molecule has 0 radical (unpaired) electrons. The zero-order valence-electron chi connectivity index (χ0n) is 5.01. The van der Waals surface area contributed by atoms with E-state index in [1.54, 1.807) is 0 Å². The van der Waals surface area contributed by atoms with E-state index in [0.29, 0.717) is 0 Å². The van der Waals surface area contributed by atoms with E-state index < -0.39 is 0 Å². The van der Waals surface area contributed by atoms with Gasteiger partial charge in [-0.1, -0.05) is 0 Å². The van der Waals surface area contributed by atoms with Crippen molar-refractivity contribution in [2.45, 2.75) is 13.0 Å². The first-order valence-corrected chi connectivity index (χ1v) is 2.30. The minimum absolute atomic E-state index is 0.0556. The van der Waals surface area contributed by atoms with Gasteiger partial charge in [-0.25, -0.2) is 0 Å². The fourth-order valence-electron chi connectivity index (χ4n) is 0.122. The van der Waals surface area contributed by atoms with Crippen molar-refractivity contribution < 1.29 is 4.79 Å². The van der Waals surface area contributed by atoms with E-state index in [4.69, 9.17) is 0 Å². The molecule has 2 heteroatoms.